The Hall–Kier alpha value is -1.64. The lowest BCUT2D eigenvalue weighted by Gasteiger charge is -2.04. The number of aromatic nitrogens is 3. The molecule has 2 rings (SSSR count). The van der Waals surface area contributed by atoms with E-state index in [-0.39, 0.29) is 4.90 Å². The first kappa shape index (κ1) is 15.7. The van der Waals surface area contributed by atoms with Gasteiger partial charge < -0.3 is 15.3 Å². The number of nitrogens with zero attached hydrogens (tertiary/aromatic N) is 2. The Morgan fingerprint density at radius 3 is 2.90 bits per heavy atom. The Morgan fingerprint density at radius 1 is 1.48 bits per heavy atom. The third kappa shape index (κ3) is 3.93. The highest BCUT2D eigenvalue weighted by atomic mass is 32.2. The van der Waals surface area contributed by atoms with Crippen molar-refractivity contribution < 1.29 is 8.42 Å². The first-order chi connectivity index (χ1) is 10.1. The van der Waals surface area contributed by atoms with Gasteiger partial charge in [-0.2, -0.15) is 0 Å². The Kier molecular flexibility index (Phi) is 5.16. The van der Waals surface area contributed by atoms with E-state index in [2.05, 4.69) is 14.7 Å². The molecule has 116 valence electrons. The van der Waals surface area contributed by atoms with Crippen LogP contribution in [0.15, 0.2) is 29.6 Å². The minimum Gasteiger partial charge on any atom is -0.349 e. The summed E-state index contributed by atoms with van der Waals surface area (Å²) in [5.74, 6) is 0.754. The Labute approximate surface area is 124 Å². The van der Waals surface area contributed by atoms with Crippen molar-refractivity contribution in [3.63, 3.8) is 0 Å². The molecule has 0 aromatic carbocycles. The van der Waals surface area contributed by atoms with Crippen LogP contribution in [0.25, 0.3) is 0 Å². The van der Waals surface area contributed by atoms with Crippen molar-refractivity contribution in [2.75, 3.05) is 6.54 Å². The monoisotopic (exact) mass is 311 g/mol. The molecule has 0 spiro atoms. The molecule has 21 heavy (non-hydrogen) atoms. The molecule has 0 atom stereocenters. The number of nitrogens with one attached hydrogen (secondary N) is 2. The van der Waals surface area contributed by atoms with Crippen molar-refractivity contribution in [1.29, 1.82) is 0 Å². The maximum atomic E-state index is 12.3. The molecule has 0 bridgehead atoms. The molecule has 0 radical (unpaired) electrons. The van der Waals surface area contributed by atoms with Crippen LogP contribution in [0.5, 0.6) is 0 Å². The highest BCUT2D eigenvalue weighted by Gasteiger charge is 2.17. The van der Waals surface area contributed by atoms with Gasteiger partial charge in [0.1, 0.15) is 5.82 Å². The summed E-state index contributed by atoms with van der Waals surface area (Å²) < 4.78 is 29.0. The second-order valence-corrected chi connectivity index (χ2v) is 6.52. The number of hydrogen-bond acceptors (Lipinski definition) is 4. The van der Waals surface area contributed by atoms with Gasteiger partial charge in [0, 0.05) is 50.3 Å². The van der Waals surface area contributed by atoms with Crippen LogP contribution in [0.2, 0.25) is 0 Å². The summed E-state index contributed by atoms with van der Waals surface area (Å²) in [4.78, 5) is 7.25. The minimum absolute atomic E-state index is 0.260. The maximum absolute atomic E-state index is 12.3. The van der Waals surface area contributed by atoms with Crippen LogP contribution < -0.4 is 10.5 Å². The summed E-state index contributed by atoms with van der Waals surface area (Å²) in [6.07, 6.45) is 6.43. The van der Waals surface area contributed by atoms with Gasteiger partial charge in [-0.3, -0.25) is 0 Å². The van der Waals surface area contributed by atoms with Gasteiger partial charge in [-0.1, -0.05) is 6.92 Å². The summed E-state index contributed by atoms with van der Waals surface area (Å²) in [5.41, 5.74) is 6.48. The molecular formula is C13H21N5O2S. The normalized spacial score (nSPS) is 11.9. The lowest BCUT2D eigenvalue weighted by atomic mass is 10.4. The molecular weight excluding hydrogens is 290 g/mol. The van der Waals surface area contributed by atoms with Gasteiger partial charge in [0.2, 0.25) is 10.0 Å². The smallest absolute Gasteiger partial charge is 0.242 e. The third-order valence-corrected chi connectivity index (χ3v) is 4.58. The maximum Gasteiger partial charge on any atom is 0.242 e. The topological polar surface area (TPSA) is 106 Å². The molecule has 0 aliphatic heterocycles. The minimum atomic E-state index is -3.51. The van der Waals surface area contributed by atoms with Gasteiger partial charge in [0.05, 0.1) is 4.90 Å². The second-order valence-electron chi connectivity index (χ2n) is 4.75. The van der Waals surface area contributed by atoms with E-state index in [1.54, 1.807) is 24.7 Å². The number of sulfonamides is 1. The van der Waals surface area contributed by atoms with Gasteiger partial charge in [-0.25, -0.2) is 18.1 Å². The first-order valence-electron chi connectivity index (χ1n) is 6.94. The van der Waals surface area contributed by atoms with Crippen molar-refractivity contribution in [3.8, 4) is 0 Å². The number of nitrogens with two attached hydrogens (primary N) is 1. The average Bonchev–Trinajstić information content (AvgIpc) is 3.08. The van der Waals surface area contributed by atoms with Crippen molar-refractivity contribution in [2.24, 2.45) is 5.73 Å². The van der Waals surface area contributed by atoms with E-state index >= 15 is 0 Å². The van der Waals surface area contributed by atoms with Crippen LogP contribution in [0.4, 0.5) is 0 Å². The molecule has 0 saturated heterocycles. The van der Waals surface area contributed by atoms with Gasteiger partial charge in [0.25, 0.3) is 0 Å². The fourth-order valence-corrected chi connectivity index (χ4v) is 3.21. The van der Waals surface area contributed by atoms with Crippen LogP contribution in [-0.2, 0) is 29.5 Å². The summed E-state index contributed by atoms with van der Waals surface area (Å²) in [5, 5.41) is 0. The lowest BCUT2D eigenvalue weighted by Crippen LogP contribution is -2.26. The Balaban J connectivity index is 2.04. The molecule has 0 unspecified atom stereocenters. The fraction of sp³-hybridized carbons (Fsp3) is 0.462. The zero-order valence-corrected chi connectivity index (χ0v) is 12.9. The molecule has 0 aliphatic carbocycles. The summed E-state index contributed by atoms with van der Waals surface area (Å²) in [6, 6.07) is 1.63. The molecule has 7 nitrogen and oxygen atoms in total. The summed E-state index contributed by atoms with van der Waals surface area (Å²) in [7, 11) is -3.51. The molecule has 0 fully saturated rings. The number of rotatable bonds is 8. The first-order valence-corrected chi connectivity index (χ1v) is 8.42. The van der Waals surface area contributed by atoms with Gasteiger partial charge in [-0.05, 0) is 12.5 Å². The Morgan fingerprint density at radius 2 is 2.29 bits per heavy atom. The average molecular weight is 311 g/mol. The highest BCUT2D eigenvalue weighted by molar-refractivity contribution is 7.89. The van der Waals surface area contributed by atoms with E-state index < -0.39 is 10.0 Å². The molecule has 4 N–H and O–H groups in total. The number of H-pyrrole nitrogens is 1. The molecule has 2 aromatic heterocycles. The van der Waals surface area contributed by atoms with Gasteiger partial charge in [0.15, 0.2) is 0 Å². The third-order valence-electron chi connectivity index (χ3n) is 3.15. The number of aryl methyl sites for hydroxylation is 1. The molecule has 8 heteroatoms. The van der Waals surface area contributed by atoms with E-state index in [1.165, 1.54) is 0 Å². The fourth-order valence-electron chi connectivity index (χ4n) is 2.11. The lowest BCUT2D eigenvalue weighted by molar-refractivity contribution is 0.580. The molecule has 2 aromatic rings. The molecule has 2 heterocycles. The number of imidazole rings is 1. The highest BCUT2D eigenvalue weighted by Crippen LogP contribution is 2.14. The zero-order chi connectivity index (χ0) is 15.3. The second kappa shape index (κ2) is 6.88. The summed E-state index contributed by atoms with van der Waals surface area (Å²) >= 11 is 0. The SMILES string of the molecule is CCCn1cc(S(=O)(=O)NCCc2ncc[nH]2)cc1CN. The molecule has 0 amide bonds. The van der Waals surface area contributed by atoms with E-state index in [0.717, 1.165) is 24.5 Å². The predicted octanol–water partition coefficient (Wildman–Crippen LogP) is 0.601. The van der Waals surface area contributed by atoms with Crippen molar-refractivity contribution in [2.45, 2.75) is 37.8 Å². The standard InChI is InChI=1S/C13H21N5O2S/c1-2-7-18-10-12(8-11(18)9-14)21(19,20)17-4-3-13-15-5-6-16-13/h5-6,8,10,17H,2-4,7,9,14H2,1H3,(H,15,16). The van der Waals surface area contributed by atoms with E-state index in [1.807, 2.05) is 11.5 Å². The molecule has 0 aliphatic rings. The van der Waals surface area contributed by atoms with Crippen molar-refractivity contribution in [1.82, 2.24) is 19.3 Å². The quantitative estimate of drug-likeness (QED) is 0.664. The number of aromatic amines is 1. The van der Waals surface area contributed by atoms with Crippen LogP contribution >= 0.6 is 0 Å². The molecule has 0 saturated carbocycles. The Bertz CT molecular complexity index is 661. The van der Waals surface area contributed by atoms with Crippen molar-refractivity contribution in [3.05, 3.63) is 36.2 Å². The van der Waals surface area contributed by atoms with Crippen LogP contribution in [0.3, 0.4) is 0 Å². The predicted molar refractivity (Wildman–Crippen MR) is 80.1 cm³/mol. The van der Waals surface area contributed by atoms with Gasteiger partial charge >= 0.3 is 0 Å². The number of hydrogen-bond donors (Lipinski definition) is 3. The van der Waals surface area contributed by atoms with Crippen molar-refractivity contribution >= 4 is 10.0 Å². The van der Waals surface area contributed by atoms with Crippen LogP contribution in [0, 0.1) is 0 Å². The van der Waals surface area contributed by atoms with E-state index in [9.17, 15) is 8.42 Å². The zero-order valence-electron chi connectivity index (χ0n) is 12.0. The van der Waals surface area contributed by atoms with E-state index in [4.69, 9.17) is 5.73 Å². The van der Waals surface area contributed by atoms with Gasteiger partial charge in [-0.15, -0.1) is 0 Å². The van der Waals surface area contributed by atoms with E-state index in [0.29, 0.717) is 19.5 Å². The van der Waals surface area contributed by atoms with Crippen LogP contribution in [-0.4, -0.2) is 29.5 Å². The van der Waals surface area contributed by atoms with Crippen LogP contribution in [0.1, 0.15) is 24.9 Å². The summed E-state index contributed by atoms with van der Waals surface area (Å²) in [6.45, 7) is 3.42. The largest absolute Gasteiger partial charge is 0.349 e.